The Balaban J connectivity index is 0.000000531. The molecule has 0 N–H and O–H groups in total. The lowest BCUT2D eigenvalue weighted by molar-refractivity contribution is 0.535. The minimum absolute atomic E-state index is 0.181. The first-order chi connectivity index (χ1) is 7.23. The van der Waals surface area contributed by atoms with Gasteiger partial charge in [0.2, 0.25) is 0 Å². The smallest absolute Gasteiger partial charge is 0.0658 e. The molecule has 0 saturated heterocycles. The molecule has 0 saturated carbocycles. The van der Waals surface area contributed by atoms with E-state index >= 15 is 0 Å². The maximum Gasteiger partial charge on any atom is 0.0658 e. The van der Waals surface area contributed by atoms with E-state index in [0.29, 0.717) is 0 Å². The van der Waals surface area contributed by atoms with Crippen molar-refractivity contribution in [2.75, 3.05) is 0 Å². The molecule has 82 valence electrons. The van der Waals surface area contributed by atoms with Gasteiger partial charge in [-0.15, -0.1) is 0 Å². The second-order valence-electron chi connectivity index (χ2n) is 3.71. The molecule has 1 aromatic heterocycles. The molecular formula is C13H20N2. The SMILES string of the molecule is CC.CCC1(C)C=Cc2ccnn2C=C1. The Labute approximate surface area is 92.3 Å². The molecule has 1 unspecified atom stereocenters. The van der Waals surface area contributed by atoms with Crippen molar-refractivity contribution < 1.29 is 0 Å². The summed E-state index contributed by atoms with van der Waals surface area (Å²) in [6.45, 7) is 8.43. The summed E-state index contributed by atoms with van der Waals surface area (Å²) in [6, 6.07) is 2.02. The summed E-state index contributed by atoms with van der Waals surface area (Å²) in [5, 5.41) is 4.20. The Hall–Kier alpha value is -1.31. The van der Waals surface area contributed by atoms with Crippen LogP contribution in [-0.4, -0.2) is 9.78 Å². The predicted molar refractivity (Wildman–Crippen MR) is 66.3 cm³/mol. The minimum Gasteiger partial charge on any atom is -0.241 e. The highest BCUT2D eigenvalue weighted by Crippen LogP contribution is 2.28. The molecule has 2 nitrogen and oxygen atoms in total. The molecule has 1 atom stereocenters. The number of aromatic nitrogens is 2. The standard InChI is InChI=1S/C11H14N2.C2H6/c1-3-11(2)6-4-10-5-8-12-13(10)9-7-11;1-2/h4-9H,3H2,1-2H3;1-2H3. The third kappa shape index (κ3) is 2.58. The van der Waals surface area contributed by atoms with Crippen LogP contribution >= 0.6 is 0 Å². The van der Waals surface area contributed by atoms with Crippen LogP contribution < -0.4 is 0 Å². The number of nitrogens with zero attached hydrogens (tertiary/aromatic N) is 2. The van der Waals surface area contributed by atoms with Crippen molar-refractivity contribution >= 4 is 12.3 Å². The van der Waals surface area contributed by atoms with E-state index in [-0.39, 0.29) is 5.41 Å². The fourth-order valence-electron chi connectivity index (χ4n) is 1.39. The molecule has 0 aliphatic carbocycles. The normalized spacial score (nSPS) is 22.7. The van der Waals surface area contributed by atoms with Gasteiger partial charge in [-0.05, 0) is 18.6 Å². The van der Waals surface area contributed by atoms with Gasteiger partial charge in [-0.3, -0.25) is 0 Å². The Morgan fingerprint density at radius 1 is 1.33 bits per heavy atom. The second-order valence-corrected chi connectivity index (χ2v) is 3.71. The van der Waals surface area contributed by atoms with E-state index in [1.54, 1.807) is 0 Å². The summed E-state index contributed by atoms with van der Waals surface area (Å²) in [6.07, 6.45) is 11.6. The number of fused-ring (bicyclic) bond motifs is 1. The van der Waals surface area contributed by atoms with Gasteiger partial charge in [-0.2, -0.15) is 5.10 Å². The minimum atomic E-state index is 0.181. The van der Waals surface area contributed by atoms with Gasteiger partial charge in [0.05, 0.1) is 5.69 Å². The topological polar surface area (TPSA) is 17.8 Å². The van der Waals surface area contributed by atoms with Gasteiger partial charge in [0, 0.05) is 17.8 Å². The van der Waals surface area contributed by atoms with E-state index in [1.165, 1.54) is 0 Å². The van der Waals surface area contributed by atoms with Crippen LogP contribution in [0.25, 0.3) is 12.3 Å². The summed E-state index contributed by atoms with van der Waals surface area (Å²) in [5.41, 5.74) is 1.33. The predicted octanol–water partition coefficient (Wildman–Crippen LogP) is 3.82. The average molecular weight is 204 g/mol. The van der Waals surface area contributed by atoms with Crippen molar-refractivity contribution in [3.05, 3.63) is 30.1 Å². The van der Waals surface area contributed by atoms with Crippen LogP contribution in [0.4, 0.5) is 0 Å². The summed E-state index contributed by atoms with van der Waals surface area (Å²) in [7, 11) is 0. The third-order valence-corrected chi connectivity index (χ3v) is 2.69. The molecule has 0 fully saturated rings. The molecule has 0 bridgehead atoms. The number of hydrogen-bond acceptors (Lipinski definition) is 1. The van der Waals surface area contributed by atoms with Crippen molar-refractivity contribution in [3.8, 4) is 0 Å². The Morgan fingerprint density at radius 3 is 2.73 bits per heavy atom. The van der Waals surface area contributed by atoms with E-state index in [9.17, 15) is 0 Å². The number of hydrogen-bond donors (Lipinski definition) is 0. The van der Waals surface area contributed by atoms with Gasteiger partial charge >= 0.3 is 0 Å². The van der Waals surface area contributed by atoms with Gasteiger partial charge in [0.1, 0.15) is 0 Å². The number of allylic oxidation sites excluding steroid dienone is 2. The molecule has 2 heterocycles. The van der Waals surface area contributed by atoms with Crippen LogP contribution in [0.5, 0.6) is 0 Å². The van der Waals surface area contributed by atoms with Crippen molar-refractivity contribution in [1.82, 2.24) is 9.78 Å². The molecule has 2 rings (SSSR count). The molecule has 1 aliphatic rings. The van der Waals surface area contributed by atoms with Crippen LogP contribution in [0, 0.1) is 5.41 Å². The molecule has 0 spiro atoms. The van der Waals surface area contributed by atoms with Gasteiger partial charge in [-0.25, -0.2) is 4.68 Å². The molecule has 0 aromatic carbocycles. The third-order valence-electron chi connectivity index (χ3n) is 2.69. The molecular weight excluding hydrogens is 184 g/mol. The lowest BCUT2D eigenvalue weighted by atomic mass is 9.87. The Bertz CT molecular complexity index is 330. The highest BCUT2D eigenvalue weighted by atomic mass is 15.3. The fraction of sp³-hybridized carbons (Fsp3) is 0.462. The van der Waals surface area contributed by atoms with Crippen LogP contribution in [0.2, 0.25) is 0 Å². The highest BCUT2D eigenvalue weighted by molar-refractivity contribution is 5.52. The van der Waals surface area contributed by atoms with Gasteiger partial charge in [-0.1, -0.05) is 39.8 Å². The Kier molecular flexibility index (Phi) is 3.89. The second kappa shape index (κ2) is 4.96. The highest BCUT2D eigenvalue weighted by Gasteiger charge is 2.16. The summed E-state index contributed by atoms with van der Waals surface area (Å²) >= 11 is 0. The lowest BCUT2D eigenvalue weighted by Gasteiger charge is -2.17. The maximum atomic E-state index is 4.20. The van der Waals surface area contributed by atoms with Crippen molar-refractivity contribution in [2.24, 2.45) is 5.41 Å². The molecule has 1 aliphatic heterocycles. The van der Waals surface area contributed by atoms with Crippen molar-refractivity contribution in [1.29, 1.82) is 0 Å². The zero-order chi connectivity index (χ0) is 11.3. The van der Waals surface area contributed by atoms with Gasteiger partial charge in [0.15, 0.2) is 0 Å². The van der Waals surface area contributed by atoms with E-state index in [4.69, 9.17) is 0 Å². The van der Waals surface area contributed by atoms with Crippen LogP contribution in [0.1, 0.15) is 39.8 Å². The van der Waals surface area contributed by atoms with E-state index in [2.05, 4.69) is 37.2 Å². The zero-order valence-electron chi connectivity index (χ0n) is 10.1. The quantitative estimate of drug-likeness (QED) is 0.680. The molecule has 15 heavy (non-hydrogen) atoms. The lowest BCUT2D eigenvalue weighted by Crippen LogP contribution is -2.06. The fourth-order valence-corrected chi connectivity index (χ4v) is 1.39. The van der Waals surface area contributed by atoms with E-state index in [0.717, 1.165) is 12.1 Å². The summed E-state index contributed by atoms with van der Waals surface area (Å²) in [4.78, 5) is 0. The van der Waals surface area contributed by atoms with Gasteiger partial charge in [0.25, 0.3) is 0 Å². The molecule has 0 amide bonds. The first-order valence-electron chi connectivity index (χ1n) is 5.66. The first-order valence-corrected chi connectivity index (χ1v) is 5.66. The van der Waals surface area contributed by atoms with Crippen molar-refractivity contribution in [2.45, 2.75) is 34.1 Å². The average Bonchev–Trinajstić information content (AvgIpc) is 2.68. The van der Waals surface area contributed by atoms with Crippen LogP contribution in [-0.2, 0) is 0 Å². The summed E-state index contributed by atoms with van der Waals surface area (Å²) in [5.74, 6) is 0. The van der Waals surface area contributed by atoms with Crippen LogP contribution in [0.3, 0.4) is 0 Å². The van der Waals surface area contributed by atoms with E-state index in [1.807, 2.05) is 37.0 Å². The molecule has 0 radical (unpaired) electrons. The first kappa shape index (κ1) is 11.8. The summed E-state index contributed by atoms with van der Waals surface area (Å²) < 4.78 is 1.90. The maximum absolute atomic E-state index is 4.20. The molecule has 2 heteroatoms. The Morgan fingerprint density at radius 2 is 2.07 bits per heavy atom. The van der Waals surface area contributed by atoms with Gasteiger partial charge < -0.3 is 0 Å². The monoisotopic (exact) mass is 204 g/mol. The van der Waals surface area contributed by atoms with Crippen molar-refractivity contribution in [3.63, 3.8) is 0 Å². The number of rotatable bonds is 1. The van der Waals surface area contributed by atoms with Crippen LogP contribution in [0.15, 0.2) is 24.4 Å². The largest absolute Gasteiger partial charge is 0.241 e. The molecule has 1 aromatic rings. The zero-order valence-corrected chi connectivity index (χ0v) is 10.1. The van der Waals surface area contributed by atoms with E-state index < -0.39 is 0 Å².